The number of nitrogens with one attached hydrogen (secondary N) is 2. The Morgan fingerprint density at radius 3 is 2.43 bits per heavy atom. The average Bonchev–Trinajstić information content (AvgIpc) is 3.17. The minimum absolute atomic E-state index is 0.101. The van der Waals surface area contributed by atoms with Gasteiger partial charge in [0, 0.05) is 31.5 Å². The van der Waals surface area contributed by atoms with Gasteiger partial charge >= 0.3 is 0 Å². The van der Waals surface area contributed by atoms with E-state index in [1.165, 1.54) is 6.07 Å². The number of anilines is 4. The molecule has 0 aliphatic rings. The molecule has 0 fully saturated rings. The highest BCUT2D eigenvalue weighted by Crippen LogP contribution is 2.25. The molecule has 2 aromatic carbocycles. The summed E-state index contributed by atoms with van der Waals surface area (Å²) in [6.07, 6.45) is 0. The lowest BCUT2D eigenvalue weighted by Gasteiger charge is -2.14. The van der Waals surface area contributed by atoms with Crippen molar-refractivity contribution in [3.05, 3.63) is 54.4 Å². The van der Waals surface area contributed by atoms with Gasteiger partial charge in [0.1, 0.15) is 33.4 Å². The Balaban J connectivity index is 1.54. The van der Waals surface area contributed by atoms with Gasteiger partial charge in [-0.3, -0.25) is 4.72 Å². The fourth-order valence-electron chi connectivity index (χ4n) is 2.82. The molecule has 4 rings (SSSR count). The van der Waals surface area contributed by atoms with Gasteiger partial charge in [-0.15, -0.1) is 0 Å². The summed E-state index contributed by atoms with van der Waals surface area (Å²) in [5.74, 6) is 2.10. The number of hydrogen-bond donors (Lipinski definition) is 2. The predicted octanol–water partition coefficient (Wildman–Crippen LogP) is 3.40. The zero-order valence-corrected chi connectivity index (χ0v) is 18.1. The Labute approximate surface area is 178 Å². The van der Waals surface area contributed by atoms with Crippen LogP contribution in [0.3, 0.4) is 0 Å². The van der Waals surface area contributed by atoms with Gasteiger partial charge in [-0.25, -0.2) is 18.4 Å². The SMILES string of the molecule is Cc1nc(Nc2ccc(NS(=O)(=O)c3cccc4nsnc34)cc2)cc(N(C)C)n1. The third kappa shape index (κ3) is 4.16. The fourth-order valence-corrected chi connectivity index (χ4v) is 4.65. The summed E-state index contributed by atoms with van der Waals surface area (Å²) >= 11 is 0.982. The molecule has 0 saturated heterocycles. The van der Waals surface area contributed by atoms with E-state index in [-0.39, 0.29) is 4.90 Å². The largest absolute Gasteiger partial charge is 0.363 e. The van der Waals surface area contributed by atoms with E-state index in [4.69, 9.17) is 0 Å². The summed E-state index contributed by atoms with van der Waals surface area (Å²) in [6.45, 7) is 1.83. The van der Waals surface area contributed by atoms with Crippen LogP contribution >= 0.6 is 11.7 Å². The van der Waals surface area contributed by atoms with Gasteiger partial charge in [-0.2, -0.15) is 8.75 Å². The molecule has 154 valence electrons. The van der Waals surface area contributed by atoms with Crippen molar-refractivity contribution in [2.75, 3.05) is 29.0 Å². The van der Waals surface area contributed by atoms with Crippen LogP contribution in [0.2, 0.25) is 0 Å². The standard InChI is InChI=1S/C19H19N7O2S2/c1-12-20-17(11-18(21-12)26(2)3)22-13-7-9-14(10-8-13)25-30(27,28)16-6-4-5-15-19(16)24-29-23-15/h4-11,25H,1-3H3,(H,20,21,22). The molecule has 2 aromatic heterocycles. The molecule has 0 aliphatic heterocycles. The summed E-state index contributed by atoms with van der Waals surface area (Å²) in [4.78, 5) is 10.7. The molecule has 0 atom stereocenters. The lowest BCUT2D eigenvalue weighted by molar-refractivity contribution is 0.602. The summed E-state index contributed by atoms with van der Waals surface area (Å²) in [7, 11) is 0.0280. The smallest absolute Gasteiger partial charge is 0.264 e. The second kappa shape index (κ2) is 7.84. The second-order valence-corrected chi connectivity index (χ2v) is 8.93. The van der Waals surface area contributed by atoms with Gasteiger partial charge in [0.25, 0.3) is 10.0 Å². The van der Waals surface area contributed by atoms with Crippen molar-refractivity contribution in [3.8, 4) is 0 Å². The van der Waals surface area contributed by atoms with Gasteiger partial charge in [0.05, 0.1) is 11.7 Å². The molecule has 2 N–H and O–H groups in total. The maximum atomic E-state index is 12.8. The number of sulfonamides is 1. The maximum absolute atomic E-state index is 12.8. The molecule has 11 heteroatoms. The zero-order valence-electron chi connectivity index (χ0n) is 16.5. The summed E-state index contributed by atoms with van der Waals surface area (Å²) in [5.41, 5.74) is 2.13. The first-order valence-electron chi connectivity index (χ1n) is 8.96. The van der Waals surface area contributed by atoms with Crippen LogP contribution in [0.15, 0.2) is 53.4 Å². The lowest BCUT2D eigenvalue weighted by atomic mass is 10.3. The number of fused-ring (bicyclic) bond motifs is 1. The topological polar surface area (TPSA) is 113 Å². The molecule has 30 heavy (non-hydrogen) atoms. The predicted molar refractivity (Wildman–Crippen MR) is 119 cm³/mol. The van der Waals surface area contributed by atoms with Gasteiger partial charge in [0.15, 0.2) is 0 Å². The molecule has 0 aliphatic carbocycles. The first-order valence-corrected chi connectivity index (χ1v) is 11.2. The van der Waals surface area contributed by atoms with Crippen LogP contribution in [0.4, 0.5) is 23.0 Å². The van der Waals surface area contributed by atoms with E-state index < -0.39 is 10.0 Å². The van der Waals surface area contributed by atoms with Crippen molar-refractivity contribution < 1.29 is 8.42 Å². The molecule has 0 radical (unpaired) electrons. The van der Waals surface area contributed by atoms with Gasteiger partial charge < -0.3 is 10.2 Å². The molecule has 0 spiro atoms. The Bertz CT molecular complexity index is 1300. The molecule has 4 aromatic rings. The first-order chi connectivity index (χ1) is 14.3. The van der Waals surface area contributed by atoms with Gasteiger partial charge in [-0.05, 0) is 43.3 Å². The summed E-state index contributed by atoms with van der Waals surface area (Å²) in [5, 5.41) is 3.21. The number of aryl methyl sites for hydroxylation is 1. The first kappa shape index (κ1) is 20.0. The maximum Gasteiger partial charge on any atom is 0.264 e. The molecular formula is C19H19N7O2S2. The van der Waals surface area contributed by atoms with Crippen molar-refractivity contribution in [3.63, 3.8) is 0 Å². The van der Waals surface area contributed by atoms with E-state index in [0.29, 0.717) is 28.4 Å². The number of benzene rings is 2. The normalized spacial score (nSPS) is 11.4. The number of rotatable bonds is 6. The molecule has 0 bridgehead atoms. The van der Waals surface area contributed by atoms with Crippen LogP contribution in [-0.2, 0) is 10.0 Å². The Hall–Kier alpha value is -3.31. The van der Waals surface area contributed by atoms with Gasteiger partial charge in [-0.1, -0.05) is 6.07 Å². The highest BCUT2D eigenvalue weighted by atomic mass is 32.2. The average molecular weight is 442 g/mol. The van der Waals surface area contributed by atoms with Crippen LogP contribution in [-0.4, -0.2) is 41.2 Å². The minimum Gasteiger partial charge on any atom is -0.363 e. The quantitative estimate of drug-likeness (QED) is 0.468. The minimum atomic E-state index is -3.79. The van der Waals surface area contributed by atoms with Crippen LogP contribution in [0.5, 0.6) is 0 Å². The van der Waals surface area contributed by atoms with E-state index in [2.05, 4.69) is 28.8 Å². The highest BCUT2D eigenvalue weighted by molar-refractivity contribution is 7.93. The van der Waals surface area contributed by atoms with E-state index in [1.54, 1.807) is 36.4 Å². The Morgan fingerprint density at radius 1 is 0.967 bits per heavy atom. The highest BCUT2D eigenvalue weighted by Gasteiger charge is 2.19. The van der Waals surface area contributed by atoms with Crippen LogP contribution < -0.4 is 14.9 Å². The third-order valence-corrected chi connectivity index (χ3v) is 6.19. The molecule has 2 heterocycles. The molecule has 0 unspecified atom stereocenters. The van der Waals surface area contributed by atoms with Crippen molar-refractivity contribution in [1.82, 2.24) is 18.7 Å². The van der Waals surface area contributed by atoms with E-state index in [1.807, 2.05) is 32.0 Å². The molecular weight excluding hydrogens is 422 g/mol. The lowest BCUT2D eigenvalue weighted by Crippen LogP contribution is -2.13. The third-order valence-electron chi connectivity index (χ3n) is 4.23. The molecule has 0 amide bonds. The van der Waals surface area contributed by atoms with E-state index in [9.17, 15) is 8.42 Å². The summed E-state index contributed by atoms with van der Waals surface area (Å²) in [6, 6.07) is 13.6. The number of nitrogens with zero attached hydrogens (tertiary/aromatic N) is 5. The number of hydrogen-bond acceptors (Lipinski definition) is 9. The van der Waals surface area contributed by atoms with Crippen molar-refractivity contribution >= 4 is 55.8 Å². The van der Waals surface area contributed by atoms with Crippen LogP contribution in [0.25, 0.3) is 11.0 Å². The second-order valence-electron chi connectivity index (χ2n) is 6.75. The van der Waals surface area contributed by atoms with E-state index >= 15 is 0 Å². The Morgan fingerprint density at radius 2 is 1.70 bits per heavy atom. The van der Waals surface area contributed by atoms with Crippen molar-refractivity contribution in [1.29, 1.82) is 0 Å². The summed E-state index contributed by atoms with van der Waals surface area (Å²) < 4.78 is 36.4. The van der Waals surface area contributed by atoms with Crippen LogP contribution in [0, 0.1) is 6.92 Å². The van der Waals surface area contributed by atoms with Crippen molar-refractivity contribution in [2.24, 2.45) is 0 Å². The van der Waals surface area contributed by atoms with E-state index in [0.717, 1.165) is 23.2 Å². The Kier molecular flexibility index (Phi) is 5.22. The van der Waals surface area contributed by atoms with Crippen molar-refractivity contribution in [2.45, 2.75) is 11.8 Å². The molecule has 9 nitrogen and oxygen atoms in total. The fraction of sp³-hybridized carbons (Fsp3) is 0.158. The number of aromatic nitrogens is 4. The van der Waals surface area contributed by atoms with Crippen LogP contribution in [0.1, 0.15) is 5.82 Å². The zero-order chi connectivity index (χ0) is 21.3. The van der Waals surface area contributed by atoms with Gasteiger partial charge in [0.2, 0.25) is 0 Å². The molecule has 0 saturated carbocycles. The monoisotopic (exact) mass is 441 g/mol.